The molecule has 0 fully saturated rings. The van der Waals surface area contributed by atoms with E-state index in [4.69, 9.17) is 10.5 Å². The zero-order valence-electron chi connectivity index (χ0n) is 19.4. The highest BCUT2D eigenvalue weighted by Crippen LogP contribution is 2.31. The molecule has 0 aliphatic heterocycles. The molecule has 178 valence electrons. The summed E-state index contributed by atoms with van der Waals surface area (Å²) in [6.45, 7) is 0.914. The van der Waals surface area contributed by atoms with Gasteiger partial charge in [-0.15, -0.1) is 15.3 Å². The Bertz CT molecular complexity index is 1350. The Kier molecular flexibility index (Phi) is 6.36. The predicted molar refractivity (Wildman–Crippen MR) is 133 cm³/mol. The van der Waals surface area contributed by atoms with Crippen molar-refractivity contribution in [2.24, 2.45) is 0 Å². The maximum atomic E-state index is 12.1. The van der Waals surface area contributed by atoms with E-state index in [0.717, 1.165) is 41.8 Å². The molecule has 0 radical (unpaired) electrons. The van der Waals surface area contributed by atoms with Gasteiger partial charge in [-0.3, -0.25) is 4.79 Å². The Morgan fingerprint density at radius 2 is 1.89 bits per heavy atom. The number of nitrogens with zero attached hydrogens (tertiary/aromatic N) is 5. The second-order valence-corrected chi connectivity index (χ2v) is 8.24. The molecule has 0 unspecified atom stereocenters. The molecule has 5 rings (SSSR count). The van der Waals surface area contributed by atoms with E-state index in [1.54, 1.807) is 31.4 Å². The van der Waals surface area contributed by atoms with Crippen molar-refractivity contribution >= 4 is 23.5 Å². The molecule has 1 amide bonds. The molecule has 0 atom stereocenters. The average molecular weight is 471 g/mol. The number of amides is 1. The highest BCUT2D eigenvalue weighted by Gasteiger charge is 2.19. The molecule has 0 saturated heterocycles. The van der Waals surface area contributed by atoms with Crippen molar-refractivity contribution < 1.29 is 9.53 Å². The number of nitrogens with two attached hydrogens (primary N) is 1. The number of nitrogen functional groups attached to an aromatic ring is 1. The number of carbonyl (C=O) groups is 1. The summed E-state index contributed by atoms with van der Waals surface area (Å²) in [5, 5.41) is 19.3. The van der Waals surface area contributed by atoms with Crippen molar-refractivity contribution in [3.8, 4) is 17.1 Å². The Labute approximate surface area is 202 Å². The summed E-state index contributed by atoms with van der Waals surface area (Å²) in [6, 6.07) is 17.3. The van der Waals surface area contributed by atoms with E-state index in [1.165, 1.54) is 10.2 Å². The number of aromatic nitrogens is 5. The third-order valence-corrected chi connectivity index (χ3v) is 5.87. The van der Waals surface area contributed by atoms with Gasteiger partial charge in [-0.25, -0.2) is 0 Å². The second-order valence-electron chi connectivity index (χ2n) is 8.24. The summed E-state index contributed by atoms with van der Waals surface area (Å²) in [5.74, 6) is 0.876. The molecule has 10 heteroatoms. The summed E-state index contributed by atoms with van der Waals surface area (Å²) >= 11 is 0. The molecule has 1 aliphatic carbocycles. The lowest BCUT2D eigenvalue weighted by Gasteiger charge is -2.09. The highest BCUT2D eigenvalue weighted by atomic mass is 16.5. The summed E-state index contributed by atoms with van der Waals surface area (Å²) in [6.07, 6.45) is 2.95. The maximum absolute atomic E-state index is 12.1. The van der Waals surface area contributed by atoms with Gasteiger partial charge in [0.1, 0.15) is 0 Å². The second kappa shape index (κ2) is 9.90. The molecule has 4 aromatic rings. The van der Waals surface area contributed by atoms with Crippen LogP contribution in [0.25, 0.3) is 17.1 Å². The van der Waals surface area contributed by atoms with Gasteiger partial charge in [0.25, 0.3) is 5.91 Å². The summed E-state index contributed by atoms with van der Waals surface area (Å²) in [7, 11) is 1.59. The van der Waals surface area contributed by atoms with Crippen LogP contribution in [-0.4, -0.2) is 51.1 Å². The minimum Gasteiger partial charge on any atom is -0.383 e. The van der Waals surface area contributed by atoms with Crippen LogP contribution in [0, 0.1) is 0 Å². The van der Waals surface area contributed by atoms with Crippen LogP contribution in [-0.2, 0) is 17.6 Å². The number of carbonyl (C=O) groups excluding carboxylic acids is 1. The van der Waals surface area contributed by atoms with Crippen LogP contribution in [0.2, 0.25) is 0 Å². The Morgan fingerprint density at radius 3 is 2.71 bits per heavy atom. The fourth-order valence-electron chi connectivity index (χ4n) is 4.13. The zero-order chi connectivity index (χ0) is 24.2. The number of benzene rings is 2. The Balaban J connectivity index is 1.33. The number of hydrogen-bond acceptors (Lipinski definition) is 8. The first-order valence-electron chi connectivity index (χ1n) is 11.4. The largest absolute Gasteiger partial charge is 0.383 e. The first-order valence-corrected chi connectivity index (χ1v) is 11.4. The third kappa shape index (κ3) is 4.82. The standard InChI is InChI=1S/C25H26N8O2/c1-35-14-13-27-23(34)17-9-11-19(12-10-17)28-25-29-24(26)33(32-25)21-15-18-7-4-6-16-5-2-3-8-20(16)22(18)31-30-21/h2-3,5,8-12,15H,4,6-7,13-14H2,1H3,(H,27,34)(H3,26,28,29,32). The number of anilines is 3. The number of aryl methyl sites for hydroxylation is 2. The summed E-state index contributed by atoms with van der Waals surface area (Å²) in [5.41, 5.74) is 11.9. The molecule has 4 N–H and O–H groups in total. The molecule has 0 saturated carbocycles. The van der Waals surface area contributed by atoms with Gasteiger partial charge in [-0.2, -0.15) is 9.67 Å². The van der Waals surface area contributed by atoms with Crippen LogP contribution in [0.4, 0.5) is 17.6 Å². The van der Waals surface area contributed by atoms with Gasteiger partial charge in [0.15, 0.2) is 5.82 Å². The predicted octanol–water partition coefficient (Wildman–Crippen LogP) is 2.92. The van der Waals surface area contributed by atoms with Crippen LogP contribution in [0.1, 0.15) is 27.9 Å². The molecular formula is C25H26N8O2. The Hall–Kier alpha value is -4.31. The summed E-state index contributed by atoms with van der Waals surface area (Å²) in [4.78, 5) is 16.5. The van der Waals surface area contributed by atoms with Gasteiger partial charge in [0, 0.05) is 30.5 Å². The van der Waals surface area contributed by atoms with Crippen molar-refractivity contribution in [2.45, 2.75) is 19.3 Å². The normalized spacial score (nSPS) is 12.4. The van der Waals surface area contributed by atoms with Gasteiger partial charge in [0.2, 0.25) is 11.9 Å². The topological polar surface area (TPSA) is 133 Å². The molecule has 2 aromatic carbocycles. The van der Waals surface area contributed by atoms with Crippen LogP contribution in [0.3, 0.4) is 0 Å². The monoisotopic (exact) mass is 470 g/mol. The quantitative estimate of drug-likeness (QED) is 0.351. The molecule has 2 aromatic heterocycles. The number of fused-ring (bicyclic) bond motifs is 3. The van der Waals surface area contributed by atoms with Gasteiger partial charge >= 0.3 is 0 Å². The van der Waals surface area contributed by atoms with Crippen molar-refractivity contribution in [3.63, 3.8) is 0 Å². The fourth-order valence-corrected chi connectivity index (χ4v) is 4.13. The number of rotatable bonds is 7. The molecule has 0 bridgehead atoms. The molecule has 10 nitrogen and oxygen atoms in total. The van der Waals surface area contributed by atoms with Crippen molar-refractivity contribution in [2.75, 3.05) is 31.3 Å². The Morgan fingerprint density at radius 1 is 1.09 bits per heavy atom. The third-order valence-electron chi connectivity index (χ3n) is 5.87. The summed E-state index contributed by atoms with van der Waals surface area (Å²) < 4.78 is 6.42. The van der Waals surface area contributed by atoms with E-state index in [9.17, 15) is 4.79 Å². The van der Waals surface area contributed by atoms with Crippen molar-refractivity contribution in [1.29, 1.82) is 0 Å². The van der Waals surface area contributed by atoms with Gasteiger partial charge < -0.3 is 21.1 Å². The molecule has 2 heterocycles. The first-order chi connectivity index (χ1) is 17.1. The van der Waals surface area contributed by atoms with Crippen molar-refractivity contribution in [1.82, 2.24) is 30.3 Å². The van der Waals surface area contributed by atoms with E-state index < -0.39 is 0 Å². The van der Waals surface area contributed by atoms with Crippen LogP contribution in [0.15, 0.2) is 54.6 Å². The average Bonchev–Trinajstić information content (AvgIpc) is 3.13. The highest BCUT2D eigenvalue weighted by molar-refractivity contribution is 5.94. The zero-order valence-corrected chi connectivity index (χ0v) is 19.4. The van der Waals surface area contributed by atoms with Crippen LogP contribution in [0.5, 0.6) is 0 Å². The molecule has 0 spiro atoms. The van der Waals surface area contributed by atoms with Crippen LogP contribution < -0.4 is 16.4 Å². The SMILES string of the molecule is COCCNC(=O)c1ccc(Nc2nc(N)n(-c3cc4c(nn3)-c3ccccc3CCC4)n2)cc1. The van der Waals surface area contributed by atoms with Gasteiger partial charge in [-0.1, -0.05) is 24.3 Å². The minimum atomic E-state index is -0.162. The van der Waals surface area contributed by atoms with Crippen molar-refractivity contribution in [3.05, 3.63) is 71.3 Å². The van der Waals surface area contributed by atoms with Gasteiger partial charge in [0.05, 0.1) is 12.3 Å². The molecule has 1 aliphatic rings. The van der Waals surface area contributed by atoms with E-state index in [-0.39, 0.29) is 11.9 Å². The lowest BCUT2D eigenvalue weighted by molar-refractivity contribution is 0.0937. The van der Waals surface area contributed by atoms with E-state index >= 15 is 0 Å². The maximum Gasteiger partial charge on any atom is 0.251 e. The van der Waals surface area contributed by atoms with Gasteiger partial charge in [-0.05, 0) is 60.7 Å². The van der Waals surface area contributed by atoms with E-state index in [1.807, 2.05) is 12.1 Å². The number of hydrogen-bond donors (Lipinski definition) is 3. The smallest absolute Gasteiger partial charge is 0.251 e. The number of methoxy groups -OCH3 is 1. The first kappa shape index (κ1) is 22.5. The lowest BCUT2D eigenvalue weighted by Crippen LogP contribution is -2.26. The van der Waals surface area contributed by atoms with Crippen LogP contribution >= 0.6 is 0 Å². The lowest BCUT2D eigenvalue weighted by atomic mass is 10.0. The number of ether oxygens (including phenoxy) is 1. The minimum absolute atomic E-state index is 0.162. The number of nitrogens with one attached hydrogen (secondary N) is 2. The van der Waals surface area contributed by atoms with E-state index in [2.05, 4.69) is 49.1 Å². The molecular weight excluding hydrogens is 444 g/mol. The van der Waals surface area contributed by atoms with E-state index in [0.29, 0.717) is 30.5 Å². The fraction of sp³-hybridized carbons (Fsp3) is 0.240. The molecule has 35 heavy (non-hydrogen) atoms.